The molecule has 0 aliphatic carbocycles. The summed E-state index contributed by atoms with van der Waals surface area (Å²) in [6, 6.07) is 18.9. The highest BCUT2D eigenvalue weighted by atomic mass is 32.2. The van der Waals surface area contributed by atoms with Gasteiger partial charge in [0.05, 0.1) is 17.4 Å². The number of methoxy groups -OCH3 is 1. The quantitative estimate of drug-likeness (QED) is 0.422. The number of carbonyl (C=O) groups excluding carboxylic acids is 1. The van der Waals surface area contributed by atoms with Crippen LogP contribution in [0.15, 0.2) is 76.4 Å². The molecule has 0 aliphatic rings. The van der Waals surface area contributed by atoms with E-state index >= 15 is 0 Å². The van der Waals surface area contributed by atoms with Crippen LogP contribution in [0.2, 0.25) is 0 Å². The Morgan fingerprint density at radius 2 is 1.67 bits per heavy atom. The fourth-order valence-electron chi connectivity index (χ4n) is 3.76. The number of hydrogen-bond donors (Lipinski definition) is 0. The zero-order valence-corrected chi connectivity index (χ0v) is 19.2. The lowest BCUT2D eigenvalue weighted by molar-refractivity contribution is 0.0590. The molecule has 0 saturated carbocycles. The molecule has 2 aromatic carbocycles. The van der Waals surface area contributed by atoms with Gasteiger partial charge in [0.15, 0.2) is 15.3 Å². The van der Waals surface area contributed by atoms with Crippen molar-refractivity contribution < 1.29 is 17.9 Å². The number of para-hydroxylation sites is 1. The van der Waals surface area contributed by atoms with Crippen LogP contribution in [0.25, 0.3) is 16.7 Å². The summed E-state index contributed by atoms with van der Waals surface area (Å²) in [4.78, 5) is 31.3. The van der Waals surface area contributed by atoms with Crippen molar-refractivity contribution in [1.82, 2.24) is 9.55 Å². The fraction of sp³-hybridized carbons (Fsp3) is 0.160. The van der Waals surface area contributed by atoms with E-state index < -0.39 is 15.8 Å². The van der Waals surface area contributed by atoms with Gasteiger partial charge >= 0.3 is 5.97 Å². The second-order valence-corrected chi connectivity index (χ2v) is 9.75. The molecule has 0 amide bonds. The van der Waals surface area contributed by atoms with E-state index in [0.717, 1.165) is 6.26 Å². The van der Waals surface area contributed by atoms with E-state index in [1.54, 1.807) is 28.8 Å². The van der Waals surface area contributed by atoms with E-state index in [1.165, 1.54) is 19.2 Å². The molecule has 0 aliphatic heterocycles. The number of esters is 1. The summed E-state index contributed by atoms with van der Waals surface area (Å²) >= 11 is 0. The number of nitrogens with zero attached hydrogens (tertiary/aromatic N) is 2. The van der Waals surface area contributed by atoms with Gasteiger partial charge in [0.2, 0.25) is 0 Å². The van der Waals surface area contributed by atoms with Gasteiger partial charge in [-0.1, -0.05) is 30.3 Å². The van der Waals surface area contributed by atoms with E-state index in [1.807, 2.05) is 37.3 Å². The first-order valence-corrected chi connectivity index (χ1v) is 12.1. The number of sulfone groups is 1. The molecule has 0 fully saturated rings. The number of rotatable bonds is 5. The molecule has 168 valence electrons. The molecule has 0 spiro atoms. The van der Waals surface area contributed by atoms with Crippen LogP contribution >= 0.6 is 0 Å². The molecule has 4 aromatic rings. The Kier molecular flexibility index (Phi) is 5.86. The summed E-state index contributed by atoms with van der Waals surface area (Å²) < 4.78 is 30.3. The maximum absolute atomic E-state index is 13.5. The van der Waals surface area contributed by atoms with Gasteiger partial charge in [0, 0.05) is 29.6 Å². The van der Waals surface area contributed by atoms with Gasteiger partial charge < -0.3 is 4.74 Å². The summed E-state index contributed by atoms with van der Waals surface area (Å²) in [5.74, 6) is -0.663. The second-order valence-electron chi connectivity index (χ2n) is 7.74. The molecule has 2 heterocycles. The fourth-order valence-corrected chi connectivity index (χ4v) is 4.39. The third-order valence-electron chi connectivity index (χ3n) is 5.38. The van der Waals surface area contributed by atoms with Crippen LogP contribution < -0.4 is 5.43 Å². The molecule has 0 bridgehead atoms. The maximum atomic E-state index is 13.5. The Morgan fingerprint density at radius 3 is 2.27 bits per heavy atom. The smallest absolute Gasteiger partial charge is 0.355 e. The average molecular weight is 463 g/mol. The topological polar surface area (TPSA) is 95.3 Å². The summed E-state index contributed by atoms with van der Waals surface area (Å²) in [6.45, 7) is 1.81. The molecule has 0 N–H and O–H groups in total. The van der Waals surface area contributed by atoms with Crippen molar-refractivity contribution >= 4 is 26.8 Å². The van der Waals surface area contributed by atoms with E-state index in [4.69, 9.17) is 4.74 Å². The van der Waals surface area contributed by atoms with E-state index in [2.05, 4.69) is 4.98 Å². The van der Waals surface area contributed by atoms with Gasteiger partial charge in [-0.2, -0.15) is 0 Å². The van der Waals surface area contributed by atoms with Crippen LogP contribution in [-0.2, 0) is 21.0 Å². The highest BCUT2D eigenvalue weighted by molar-refractivity contribution is 7.90. The molecule has 2 aromatic heterocycles. The molecular formula is C25H22N2O5S. The van der Waals surface area contributed by atoms with Crippen LogP contribution in [0.4, 0.5) is 0 Å². The SMILES string of the molecule is COC(=O)c1c(Cc2ccc(S(C)(=O)=O)cc2)c(=O)c2ccc(C)nc2n1-c1ccccc1. The largest absolute Gasteiger partial charge is 0.464 e. The standard InChI is InChI=1S/C25H22N2O5S/c1-16-9-14-20-23(28)21(15-17-10-12-19(13-11-17)33(3,30)31)22(25(29)32-2)27(24(20)26-16)18-7-5-4-6-8-18/h4-14H,15H2,1-3H3. The van der Waals surface area contributed by atoms with Crippen LogP contribution in [0.3, 0.4) is 0 Å². The van der Waals surface area contributed by atoms with Crippen molar-refractivity contribution in [3.05, 3.63) is 99.5 Å². The summed E-state index contributed by atoms with van der Waals surface area (Å²) in [6.07, 6.45) is 1.25. The van der Waals surface area contributed by atoms with E-state index in [9.17, 15) is 18.0 Å². The minimum atomic E-state index is -3.35. The number of fused-ring (bicyclic) bond motifs is 1. The Hall–Kier alpha value is -3.78. The maximum Gasteiger partial charge on any atom is 0.355 e. The van der Waals surface area contributed by atoms with Gasteiger partial charge in [-0.05, 0) is 48.9 Å². The zero-order chi connectivity index (χ0) is 23.8. The number of hydrogen-bond acceptors (Lipinski definition) is 6. The zero-order valence-electron chi connectivity index (χ0n) is 18.4. The molecule has 0 saturated heterocycles. The minimum Gasteiger partial charge on any atom is -0.464 e. The summed E-state index contributed by atoms with van der Waals surface area (Å²) in [5, 5.41) is 0.375. The number of carbonyl (C=O) groups is 1. The first kappa shape index (κ1) is 22.4. The van der Waals surface area contributed by atoms with Crippen LogP contribution in [0.5, 0.6) is 0 Å². The van der Waals surface area contributed by atoms with Crippen molar-refractivity contribution in [2.75, 3.05) is 13.4 Å². The van der Waals surface area contributed by atoms with Gasteiger partial charge in [-0.3, -0.25) is 9.36 Å². The monoisotopic (exact) mass is 462 g/mol. The number of ether oxygens (including phenoxy) is 1. The average Bonchev–Trinajstić information content (AvgIpc) is 2.80. The first-order valence-electron chi connectivity index (χ1n) is 10.2. The van der Waals surface area contributed by atoms with Gasteiger partial charge in [-0.25, -0.2) is 18.2 Å². The lowest BCUT2D eigenvalue weighted by Gasteiger charge is -2.19. The van der Waals surface area contributed by atoms with Crippen LogP contribution in [-0.4, -0.2) is 37.3 Å². The minimum absolute atomic E-state index is 0.0893. The lowest BCUT2D eigenvalue weighted by Crippen LogP contribution is -2.25. The molecule has 7 nitrogen and oxygen atoms in total. The Bertz CT molecular complexity index is 1520. The van der Waals surface area contributed by atoms with Gasteiger partial charge in [-0.15, -0.1) is 0 Å². The lowest BCUT2D eigenvalue weighted by atomic mass is 10.00. The van der Waals surface area contributed by atoms with E-state index in [0.29, 0.717) is 28.0 Å². The second kappa shape index (κ2) is 8.63. The highest BCUT2D eigenvalue weighted by Crippen LogP contribution is 2.24. The predicted molar refractivity (Wildman–Crippen MR) is 126 cm³/mol. The molecule has 0 radical (unpaired) electrons. The van der Waals surface area contributed by atoms with Crippen molar-refractivity contribution in [2.45, 2.75) is 18.2 Å². The Labute approximate surface area is 191 Å². The third kappa shape index (κ3) is 4.29. The van der Waals surface area contributed by atoms with Crippen LogP contribution in [0, 0.1) is 6.92 Å². The molecule has 4 rings (SSSR count). The predicted octanol–water partition coefficient (Wildman–Crippen LogP) is 3.48. The number of aryl methyl sites for hydroxylation is 1. The summed E-state index contributed by atoms with van der Waals surface area (Å²) in [7, 11) is -2.09. The summed E-state index contributed by atoms with van der Waals surface area (Å²) in [5.41, 5.74) is 2.42. The van der Waals surface area contributed by atoms with Crippen molar-refractivity contribution in [3.8, 4) is 5.69 Å². The van der Waals surface area contributed by atoms with Crippen molar-refractivity contribution in [3.63, 3.8) is 0 Å². The highest BCUT2D eigenvalue weighted by Gasteiger charge is 2.25. The number of aromatic nitrogens is 2. The molecular weight excluding hydrogens is 440 g/mol. The normalized spacial score (nSPS) is 11.5. The first-order chi connectivity index (χ1) is 15.7. The van der Waals surface area contributed by atoms with Gasteiger partial charge in [0.1, 0.15) is 11.3 Å². The molecule has 33 heavy (non-hydrogen) atoms. The molecule has 0 unspecified atom stereocenters. The van der Waals surface area contributed by atoms with Crippen molar-refractivity contribution in [2.24, 2.45) is 0 Å². The third-order valence-corrected chi connectivity index (χ3v) is 6.51. The molecule has 0 atom stereocenters. The van der Waals surface area contributed by atoms with Gasteiger partial charge in [0.25, 0.3) is 0 Å². The van der Waals surface area contributed by atoms with Crippen LogP contribution in [0.1, 0.15) is 27.3 Å². The number of benzene rings is 2. The number of pyridine rings is 2. The van der Waals surface area contributed by atoms with E-state index in [-0.39, 0.29) is 28.0 Å². The Balaban J connectivity index is 2.03. The van der Waals surface area contributed by atoms with Crippen molar-refractivity contribution in [1.29, 1.82) is 0 Å². The molecule has 8 heteroatoms. The Morgan fingerprint density at radius 1 is 1.00 bits per heavy atom.